The van der Waals surface area contributed by atoms with E-state index in [9.17, 15) is 14.4 Å². The Morgan fingerprint density at radius 1 is 0.792 bits per heavy atom. The van der Waals surface area contributed by atoms with Crippen LogP contribution in [-0.2, 0) is 9.59 Å². The van der Waals surface area contributed by atoms with Crippen molar-refractivity contribution in [1.29, 1.82) is 0 Å². The van der Waals surface area contributed by atoms with Crippen LogP contribution in [0, 0.1) is 0 Å². The van der Waals surface area contributed by atoms with Crippen LogP contribution >= 0.6 is 0 Å². The molecule has 0 bridgehead atoms. The number of ether oxygens (including phenoxy) is 2. The minimum atomic E-state index is -0.405. The summed E-state index contributed by atoms with van der Waals surface area (Å²) in [5.41, 5.74) is 0.712. The van der Waals surface area contributed by atoms with E-state index in [1.54, 1.807) is 62.4 Å². The lowest BCUT2D eigenvalue weighted by Gasteiger charge is -2.09. The van der Waals surface area contributed by atoms with Crippen LogP contribution in [0.2, 0.25) is 0 Å². The molecule has 5 nitrogen and oxygen atoms in total. The zero-order chi connectivity index (χ0) is 17.5. The minimum absolute atomic E-state index is 0.222. The second-order valence-electron chi connectivity index (χ2n) is 5.00. The Kier molecular flexibility index (Phi) is 5.84. The molecule has 0 aliphatic heterocycles. The zero-order valence-electron chi connectivity index (χ0n) is 13.6. The van der Waals surface area contributed by atoms with Crippen molar-refractivity contribution < 1.29 is 23.9 Å². The van der Waals surface area contributed by atoms with Crippen molar-refractivity contribution in [3.8, 4) is 11.5 Å². The molecule has 0 aliphatic rings. The summed E-state index contributed by atoms with van der Waals surface area (Å²) in [6.07, 6.45) is 0.497. The molecule has 0 unspecified atom stereocenters. The number of carbonyl (C=O) groups excluding carboxylic acids is 3. The first kappa shape index (κ1) is 17.4. The molecule has 0 amide bonds. The lowest BCUT2D eigenvalue weighted by molar-refractivity contribution is -0.134. The Hall–Kier alpha value is -2.95. The summed E-state index contributed by atoms with van der Waals surface area (Å²) in [6, 6.07) is 12.8. The average molecular weight is 326 g/mol. The first-order valence-corrected chi connectivity index (χ1v) is 7.70. The van der Waals surface area contributed by atoms with Gasteiger partial charge in [0.15, 0.2) is 5.78 Å². The van der Waals surface area contributed by atoms with E-state index in [4.69, 9.17) is 9.47 Å². The van der Waals surface area contributed by atoms with Crippen LogP contribution in [0.5, 0.6) is 11.5 Å². The molecule has 2 aromatic carbocycles. The monoisotopic (exact) mass is 326 g/mol. The van der Waals surface area contributed by atoms with E-state index in [0.29, 0.717) is 16.9 Å². The summed E-state index contributed by atoms with van der Waals surface area (Å²) in [6.45, 7) is 3.39. The average Bonchev–Trinajstić information content (AvgIpc) is 2.62. The highest BCUT2D eigenvalue weighted by atomic mass is 16.5. The standard InChI is InChI=1S/C19H18O5/c1-3-17(20)23-14-11-9-13(10-12-14)19(22)15-7-5-6-8-16(15)24-18(21)4-2/h5-12H,3-4H2,1-2H3. The second kappa shape index (κ2) is 8.06. The smallest absolute Gasteiger partial charge is 0.310 e. The number of hydrogen-bond acceptors (Lipinski definition) is 5. The maximum Gasteiger partial charge on any atom is 0.310 e. The van der Waals surface area contributed by atoms with E-state index in [1.807, 2.05) is 0 Å². The molecule has 0 saturated heterocycles. The quantitative estimate of drug-likeness (QED) is 0.461. The van der Waals surface area contributed by atoms with E-state index in [1.165, 1.54) is 0 Å². The van der Waals surface area contributed by atoms with Gasteiger partial charge in [-0.3, -0.25) is 14.4 Å². The molecule has 0 heterocycles. The molecule has 0 N–H and O–H groups in total. The van der Waals surface area contributed by atoms with Crippen molar-refractivity contribution in [3.05, 3.63) is 59.7 Å². The van der Waals surface area contributed by atoms with Crippen molar-refractivity contribution in [1.82, 2.24) is 0 Å². The molecule has 0 aromatic heterocycles. The van der Waals surface area contributed by atoms with Gasteiger partial charge < -0.3 is 9.47 Å². The first-order chi connectivity index (χ1) is 11.5. The number of esters is 2. The Morgan fingerprint density at radius 3 is 2.00 bits per heavy atom. The second-order valence-corrected chi connectivity index (χ2v) is 5.00. The van der Waals surface area contributed by atoms with Gasteiger partial charge in [0.05, 0.1) is 5.56 Å². The molecule has 0 aliphatic carbocycles. The molecule has 0 spiro atoms. The van der Waals surface area contributed by atoms with Gasteiger partial charge in [0, 0.05) is 18.4 Å². The zero-order valence-corrected chi connectivity index (χ0v) is 13.6. The Balaban J connectivity index is 2.23. The Bertz CT molecular complexity index is 747. The van der Waals surface area contributed by atoms with Crippen LogP contribution in [0.25, 0.3) is 0 Å². The summed E-state index contributed by atoms with van der Waals surface area (Å²) in [5.74, 6) is -0.411. The van der Waals surface area contributed by atoms with E-state index in [2.05, 4.69) is 0 Å². The highest BCUT2D eigenvalue weighted by molar-refractivity contribution is 6.11. The molecule has 124 valence electrons. The lowest BCUT2D eigenvalue weighted by Crippen LogP contribution is -2.10. The van der Waals surface area contributed by atoms with Crippen LogP contribution in [0.3, 0.4) is 0 Å². The summed E-state index contributed by atoms with van der Waals surface area (Å²) < 4.78 is 10.3. The topological polar surface area (TPSA) is 69.7 Å². The fraction of sp³-hybridized carbons (Fsp3) is 0.211. The van der Waals surface area contributed by atoms with Gasteiger partial charge in [0.2, 0.25) is 0 Å². The third kappa shape index (κ3) is 4.29. The van der Waals surface area contributed by atoms with Crippen molar-refractivity contribution in [2.24, 2.45) is 0 Å². The van der Waals surface area contributed by atoms with Crippen LogP contribution in [0.1, 0.15) is 42.6 Å². The summed E-state index contributed by atoms with van der Waals surface area (Å²) in [7, 11) is 0. The molecule has 0 fully saturated rings. The van der Waals surface area contributed by atoms with E-state index < -0.39 is 5.97 Å². The van der Waals surface area contributed by atoms with E-state index in [-0.39, 0.29) is 30.3 Å². The maximum atomic E-state index is 12.6. The Morgan fingerprint density at radius 2 is 1.38 bits per heavy atom. The molecule has 2 aromatic rings. The normalized spacial score (nSPS) is 10.1. The molecule has 24 heavy (non-hydrogen) atoms. The van der Waals surface area contributed by atoms with Gasteiger partial charge in [-0.1, -0.05) is 26.0 Å². The molecular formula is C19H18O5. The molecule has 0 saturated carbocycles. The number of ketones is 1. The van der Waals surface area contributed by atoms with Gasteiger partial charge >= 0.3 is 11.9 Å². The highest BCUT2D eigenvalue weighted by Gasteiger charge is 2.16. The number of rotatable bonds is 6. The number of benzene rings is 2. The van der Waals surface area contributed by atoms with Gasteiger partial charge in [0.1, 0.15) is 11.5 Å². The van der Waals surface area contributed by atoms with Crippen LogP contribution in [0.4, 0.5) is 0 Å². The molecule has 0 radical (unpaired) electrons. The number of hydrogen-bond donors (Lipinski definition) is 0. The highest BCUT2D eigenvalue weighted by Crippen LogP contribution is 2.23. The summed E-state index contributed by atoms with van der Waals surface area (Å²) >= 11 is 0. The largest absolute Gasteiger partial charge is 0.427 e. The SMILES string of the molecule is CCC(=O)Oc1ccc(C(=O)c2ccccc2OC(=O)CC)cc1. The molecule has 2 rings (SSSR count). The van der Waals surface area contributed by atoms with E-state index in [0.717, 1.165) is 0 Å². The van der Waals surface area contributed by atoms with Crippen molar-refractivity contribution in [2.45, 2.75) is 26.7 Å². The van der Waals surface area contributed by atoms with Gasteiger partial charge in [-0.25, -0.2) is 0 Å². The first-order valence-electron chi connectivity index (χ1n) is 7.70. The van der Waals surface area contributed by atoms with Crippen molar-refractivity contribution >= 4 is 17.7 Å². The maximum absolute atomic E-state index is 12.6. The van der Waals surface area contributed by atoms with E-state index >= 15 is 0 Å². The van der Waals surface area contributed by atoms with Crippen LogP contribution in [-0.4, -0.2) is 17.7 Å². The molecule has 0 atom stereocenters. The minimum Gasteiger partial charge on any atom is -0.427 e. The van der Waals surface area contributed by atoms with Crippen LogP contribution in [0.15, 0.2) is 48.5 Å². The number of carbonyl (C=O) groups is 3. The third-order valence-corrected chi connectivity index (χ3v) is 3.28. The summed E-state index contributed by atoms with van der Waals surface area (Å²) in [4.78, 5) is 35.4. The molecular weight excluding hydrogens is 308 g/mol. The predicted octanol–water partition coefficient (Wildman–Crippen LogP) is 3.55. The number of para-hydroxylation sites is 1. The van der Waals surface area contributed by atoms with Crippen LogP contribution < -0.4 is 9.47 Å². The fourth-order valence-electron chi connectivity index (χ4n) is 1.97. The third-order valence-electron chi connectivity index (χ3n) is 3.28. The van der Waals surface area contributed by atoms with Crippen molar-refractivity contribution in [2.75, 3.05) is 0 Å². The Labute approximate surface area is 140 Å². The van der Waals surface area contributed by atoms with Gasteiger partial charge in [-0.2, -0.15) is 0 Å². The van der Waals surface area contributed by atoms with Gasteiger partial charge in [-0.15, -0.1) is 0 Å². The van der Waals surface area contributed by atoms with Gasteiger partial charge in [-0.05, 0) is 36.4 Å². The molecule has 5 heteroatoms. The summed E-state index contributed by atoms with van der Waals surface area (Å²) in [5, 5.41) is 0. The lowest BCUT2D eigenvalue weighted by atomic mass is 10.0. The fourth-order valence-corrected chi connectivity index (χ4v) is 1.97. The predicted molar refractivity (Wildman–Crippen MR) is 88.2 cm³/mol. The van der Waals surface area contributed by atoms with Crippen molar-refractivity contribution in [3.63, 3.8) is 0 Å². The van der Waals surface area contributed by atoms with Gasteiger partial charge in [0.25, 0.3) is 0 Å².